The van der Waals surface area contributed by atoms with Crippen LogP contribution in [0.15, 0.2) is 0 Å². The third-order valence-corrected chi connectivity index (χ3v) is 3.85. The highest BCUT2D eigenvalue weighted by molar-refractivity contribution is 7.80. The second kappa shape index (κ2) is 5.64. The highest BCUT2D eigenvalue weighted by Crippen LogP contribution is 2.32. The maximum atomic E-state index is 12.8. The van der Waals surface area contributed by atoms with Crippen LogP contribution in [0, 0.1) is 11.3 Å². The molecule has 0 aliphatic carbocycles. The van der Waals surface area contributed by atoms with Crippen molar-refractivity contribution >= 4 is 23.1 Å². The van der Waals surface area contributed by atoms with E-state index in [9.17, 15) is 18.0 Å². The van der Waals surface area contributed by atoms with Crippen molar-refractivity contribution < 1.29 is 18.0 Å². The lowest BCUT2D eigenvalue weighted by atomic mass is 9.85. The minimum atomic E-state index is -4.51. The van der Waals surface area contributed by atoms with Gasteiger partial charge in [-0.25, -0.2) is 0 Å². The van der Waals surface area contributed by atoms with Gasteiger partial charge in [-0.15, -0.1) is 0 Å². The summed E-state index contributed by atoms with van der Waals surface area (Å²) < 4.78 is 38.4. The molecule has 1 aliphatic heterocycles. The summed E-state index contributed by atoms with van der Waals surface area (Å²) in [7, 11) is 0. The van der Waals surface area contributed by atoms with Gasteiger partial charge in [0.15, 0.2) is 0 Å². The predicted octanol–water partition coefficient (Wildman–Crippen LogP) is 2.49. The van der Waals surface area contributed by atoms with Crippen molar-refractivity contribution in [1.82, 2.24) is 4.90 Å². The summed E-state index contributed by atoms with van der Waals surface area (Å²) >= 11 is 4.47. The second-order valence-electron chi connectivity index (χ2n) is 5.75. The van der Waals surface area contributed by atoms with Gasteiger partial charge in [-0.1, -0.05) is 26.1 Å². The number of alkyl halides is 3. The Morgan fingerprint density at radius 1 is 1.47 bits per heavy atom. The molecule has 110 valence electrons. The fourth-order valence-electron chi connectivity index (χ4n) is 2.06. The Bertz CT molecular complexity index is 368. The van der Waals surface area contributed by atoms with Crippen molar-refractivity contribution in [2.45, 2.75) is 39.3 Å². The summed E-state index contributed by atoms with van der Waals surface area (Å²) in [6.45, 7) is 3.88. The van der Waals surface area contributed by atoms with Crippen LogP contribution < -0.4 is 5.73 Å². The number of carbonyl (C=O) groups is 1. The fourth-order valence-corrected chi connectivity index (χ4v) is 2.27. The van der Waals surface area contributed by atoms with E-state index in [2.05, 4.69) is 12.2 Å². The number of hydrogen-bond acceptors (Lipinski definition) is 2. The van der Waals surface area contributed by atoms with Crippen LogP contribution in [0.25, 0.3) is 0 Å². The minimum absolute atomic E-state index is 0.0264. The molecule has 1 rings (SSSR count). The Labute approximate surface area is 116 Å². The van der Waals surface area contributed by atoms with Crippen LogP contribution in [-0.2, 0) is 4.79 Å². The zero-order valence-corrected chi connectivity index (χ0v) is 11.9. The number of thiocarbonyl (C=S) groups is 1. The summed E-state index contributed by atoms with van der Waals surface area (Å²) in [5.41, 5.74) is 5.12. The van der Waals surface area contributed by atoms with Crippen LogP contribution in [0.5, 0.6) is 0 Å². The monoisotopic (exact) mass is 296 g/mol. The van der Waals surface area contributed by atoms with Crippen molar-refractivity contribution in [3.63, 3.8) is 0 Å². The summed E-state index contributed by atoms with van der Waals surface area (Å²) in [4.78, 5) is 12.5. The molecule has 1 saturated heterocycles. The zero-order valence-electron chi connectivity index (χ0n) is 11.1. The average molecular weight is 296 g/mol. The molecule has 0 spiro atoms. The van der Waals surface area contributed by atoms with Gasteiger partial charge in [-0.05, 0) is 18.3 Å². The molecule has 1 aliphatic rings. The number of halogens is 3. The number of hydrogen-bond donors (Lipinski definition) is 1. The van der Waals surface area contributed by atoms with Gasteiger partial charge < -0.3 is 10.6 Å². The van der Waals surface area contributed by atoms with Crippen LogP contribution in [0.1, 0.15) is 33.1 Å². The normalized spacial score (nSPS) is 21.9. The van der Waals surface area contributed by atoms with Gasteiger partial charge in [0.1, 0.15) is 5.92 Å². The molecule has 0 aromatic rings. The van der Waals surface area contributed by atoms with Crippen LogP contribution in [0.4, 0.5) is 13.2 Å². The molecule has 1 amide bonds. The molecule has 2 N–H and O–H groups in total. The number of nitrogens with two attached hydrogens (primary N) is 1. The van der Waals surface area contributed by atoms with Gasteiger partial charge in [0, 0.05) is 19.5 Å². The molecular formula is C12H19F3N2OS. The van der Waals surface area contributed by atoms with Crippen molar-refractivity contribution in [2.75, 3.05) is 13.1 Å². The topological polar surface area (TPSA) is 46.3 Å². The molecule has 1 heterocycles. The van der Waals surface area contributed by atoms with Gasteiger partial charge in [-0.2, -0.15) is 13.2 Å². The van der Waals surface area contributed by atoms with E-state index in [1.165, 1.54) is 4.90 Å². The largest absolute Gasteiger partial charge is 0.399 e. The standard InChI is InChI=1S/C12H19F3N2OS/c1-11(2)4-3-9(18)17(6-5-11)7-8(10(16)19)12(13,14)15/h8H,3-7H2,1-2H3,(H2,16,19). The summed E-state index contributed by atoms with van der Waals surface area (Å²) in [6.07, 6.45) is -2.87. The van der Waals surface area contributed by atoms with E-state index in [1.807, 2.05) is 13.8 Å². The van der Waals surface area contributed by atoms with Crippen molar-refractivity contribution in [3.8, 4) is 0 Å². The maximum absolute atomic E-state index is 12.8. The van der Waals surface area contributed by atoms with Gasteiger partial charge in [-0.3, -0.25) is 4.79 Å². The Balaban J connectivity index is 2.79. The molecule has 0 saturated carbocycles. The zero-order chi connectivity index (χ0) is 14.8. The molecule has 1 fully saturated rings. The summed E-state index contributed by atoms with van der Waals surface area (Å²) in [5.74, 6) is -2.18. The van der Waals surface area contributed by atoms with Crippen LogP contribution in [0.2, 0.25) is 0 Å². The first-order valence-electron chi connectivity index (χ1n) is 6.17. The van der Waals surface area contributed by atoms with Gasteiger partial charge in [0.25, 0.3) is 0 Å². The highest BCUT2D eigenvalue weighted by atomic mass is 32.1. The predicted molar refractivity (Wildman–Crippen MR) is 70.5 cm³/mol. The molecule has 19 heavy (non-hydrogen) atoms. The van der Waals surface area contributed by atoms with Crippen molar-refractivity contribution in [3.05, 3.63) is 0 Å². The lowest BCUT2D eigenvalue weighted by molar-refractivity contribution is -0.162. The molecule has 1 unspecified atom stereocenters. The third-order valence-electron chi connectivity index (χ3n) is 3.57. The Morgan fingerprint density at radius 3 is 2.53 bits per heavy atom. The SMILES string of the molecule is CC1(C)CCC(=O)N(CC(C(N)=S)C(F)(F)F)CC1. The van der Waals surface area contributed by atoms with Crippen LogP contribution in [-0.4, -0.2) is 35.1 Å². The lowest BCUT2D eigenvalue weighted by Crippen LogP contribution is -2.45. The van der Waals surface area contributed by atoms with E-state index in [1.54, 1.807) is 0 Å². The van der Waals surface area contributed by atoms with Crippen LogP contribution >= 0.6 is 12.2 Å². The number of nitrogens with zero attached hydrogens (tertiary/aromatic N) is 1. The first kappa shape index (κ1) is 16.2. The Kier molecular flexibility index (Phi) is 4.81. The molecule has 7 heteroatoms. The minimum Gasteiger partial charge on any atom is -0.393 e. The molecule has 0 radical (unpaired) electrons. The maximum Gasteiger partial charge on any atom is 0.399 e. The fraction of sp³-hybridized carbons (Fsp3) is 0.833. The van der Waals surface area contributed by atoms with Gasteiger partial charge in [0.2, 0.25) is 5.91 Å². The average Bonchev–Trinajstić information content (AvgIpc) is 2.35. The lowest BCUT2D eigenvalue weighted by Gasteiger charge is -2.28. The summed E-state index contributed by atoms with van der Waals surface area (Å²) in [5, 5.41) is 0. The first-order chi connectivity index (χ1) is 8.53. The molecular weight excluding hydrogens is 277 g/mol. The molecule has 3 nitrogen and oxygen atoms in total. The van der Waals surface area contributed by atoms with E-state index in [4.69, 9.17) is 5.73 Å². The molecule has 0 aromatic carbocycles. The number of carbonyl (C=O) groups excluding carboxylic acids is 1. The van der Waals surface area contributed by atoms with Crippen molar-refractivity contribution in [2.24, 2.45) is 17.1 Å². The second-order valence-corrected chi connectivity index (χ2v) is 6.22. The number of likely N-dealkylation sites (tertiary alicyclic amines) is 1. The smallest absolute Gasteiger partial charge is 0.393 e. The Morgan fingerprint density at radius 2 is 2.05 bits per heavy atom. The van der Waals surface area contributed by atoms with Crippen molar-refractivity contribution in [1.29, 1.82) is 0 Å². The van der Waals surface area contributed by atoms with Gasteiger partial charge >= 0.3 is 6.18 Å². The van der Waals surface area contributed by atoms with E-state index in [0.29, 0.717) is 19.4 Å². The Hall–Kier alpha value is -0.850. The van der Waals surface area contributed by atoms with E-state index < -0.39 is 23.6 Å². The molecule has 1 atom stereocenters. The van der Waals surface area contributed by atoms with E-state index in [-0.39, 0.29) is 17.7 Å². The summed E-state index contributed by atoms with van der Waals surface area (Å²) in [6, 6.07) is 0. The van der Waals surface area contributed by atoms with E-state index in [0.717, 1.165) is 0 Å². The number of rotatable bonds is 3. The van der Waals surface area contributed by atoms with Crippen LogP contribution in [0.3, 0.4) is 0 Å². The molecule has 0 bridgehead atoms. The number of amides is 1. The quantitative estimate of drug-likeness (QED) is 0.814. The third kappa shape index (κ3) is 4.63. The van der Waals surface area contributed by atoms with Gasteiger partial charge in [0.05, 0.1) is 4.99 Å². The highest BCUT2D eigenvalue weighted by Gasteiger charge is 2.43. The first-order valence-corrected chi connectivity index (χ1v) is 6.57. The van der Waals surface area contributed by atoms with E-state index >= 15 is 0 Å². The molecule has 0 aromatic heterocycles.